The Kier molecular flexibility index (Phi) is 5.75. The molecule has 2 heterocycles. The van der Waals surface area contributed by atoms with Crippen LogP contribution in [0.15, 0.2) is 39.2 Å². The number of urea groups is 1. The van der Waals surface area contributed by atoms with Gasteiger partial charge in [-0.05, 0) is 50.6 Å². The van der Waals surface area contributed by atoms with Crippen LogP contribution in [0.5, 0.6) is 5.75 Å². The van der Waals surface area contributed by atoms with Crippen molar-refractivity contribution < 1.29 is 18.4 Å². The van der Waals surface area contributed by atoms with Gasteiger partial charge in [0.25, 0.3) is 5.89 Å². The maximum absolute atomic E-state index is 12.1. The third kappa shape index (κ3) is 4.87. The molecule has 3 rings (SSSR count). The highest BCUT2D eigenvalue weighted by molar-refractivity contribution is 5.98. The van der Waals surface area contributed by atoms with E-state index in [1.54, 1.807) is 30.3 Å². The number of hydrogen-bond acceptors (Lipinski definition) is 6. The first-order chi connectivity index (χ1) is 13.0. The minimum absolute atomic E-state index is 0.000252. The molecule has 0 unspecified atom stereocenters. The number of anilines is 2. The first kappa shape index (κ1) is 18.5. The van der Waals surface area contributed by atoms with Crippen LogP contribution in [-0.2, 0) is 0 Å². The molecule has 0 aliphatic carbocycles. The fourth-order valence-electron chi connectivity index (χ4n) is 2.45. The highest BCUT2D eigenvalue weighted by Gasteiger charge is 2.16. The van der Waals surface area contributed by atoms with Gasteiger partial charge in [0.2, 0.25) is 0 Å². The number of unbranched alkanes of at least 4 members (excludes halogenated alkanes) is 1. The van der Waals surface area contributed by atoms with Crippen molar-refractivity contribution in [1.82, 2.24) is 10.2 Å². The molecule has 0 saturated carbocycles. The number of ether oxygens (including phenoxy) is 1. The van der Waals surface area contributed by atoms with E-state index >= 15 is 0 Å². The number of carbonyl (C=O) groups excluding carboxylic acids is 1. The molecule has 0 radical (unpaired) electrons. The third-order valence-corrected chi connectivity index (χ3v) is 3.80. The van der Waals surface area contributed by atoms with Gasteiger partial charge in [0.05, 0.1) is 12.2 Å². The van der Waals surface area contributed by atoms with E-state index in [4.69, 9.17) is 13.6 Å². The van der Waals surface area contributed by atoms with E-state index < -0.39 is 6.03 Å². The second kappa shape index (κ2) is 8.39. The van der Waals surface area contributed by atoms with Gasteiger partial charge in [-0.2, -0.15) is 0 Å². The van der Waals surface area contributed by atoms with Crippen molar-refractivity contribution in [3.63, 3.8) is 0 Å². The van der Waals surface area contributed by atoms with E-state index in [1.165, 1.54) is 0 Å². The molecule has 1 aromatic carbocycles. The van der Waals surface area contributed by atoms with Gasteiger partial charge < -0.3 is 18.9 Å². The monoisotopic (exact) mass is 370 g/mol. The lowest BCUT2D eigenvalue weighted by atomic mass is 10.2. The normalized spacial score (nSPS) is 10.6. The Hall–Kier alpha value is -3.29. The van der Waals surface area contributed by atoms with Crippen LogP contribution in [0, 0.1) is 13.8 Å². The number of rotatable bonds is 7. The lowest BCUT2D eigenvalue weighted by Crippen LogP contribution is -2.19. The topological polar surface area (TPSA) is 102 Å². The summed E-state index contributed by atoms with van der Waals surface area (Å²) in [7, 11) is 0. The second-order valence-corrected chi connectivity index (χ2v) is 6.04. The number of amides is 2. The minimum Gasteiger partial charge on any atom is -0.494 e. The zero-order valence-corrected chi connectivity index (χ0v) is 15.5. The number of nitrogens with one attached hydrogen (secondary N) is 2. The van der Waals surface area contributed by atoms with Crippen LogP contribution in [0.2, 0.25) is 0 Å². The first-order valence-corrected chi connectivity index (χ1v) is 8.77. The summed E-state index contributed by atoms with van der Waals surface area (Å²) in [5.74, 6) is 2.47. The van der Waals surface area contributed by atoms with Crippen molar-refractivity contribution in [2.75, 3.05) is 17.2 Å². The number of aryl methyl sites for hydroxylation is 2. The van der Waals surface area contributed by atoms with Crippen LogP contribution in [0.3, 0.4) is 0 Å². The van der Waals surface area contributed by atoms with E-state index in [-0.39, 0.29) is 11.9 Å². The van der Waals surface area contributed by atoms with E-state index in [1.807, 2.05) is 13.8 Å². The van der Waals surface area contributed by atoms with Gasteiger partial charge in [-0.25, -0.2) is 4.79 Å². The predicted molar refractivity (Wildman–Crippen MR) is 101 cm³/mol. The molecule has 2 N–H and O–H groups in total. The molecule has 8 nitrogen and oxygen atoms in total. The van der Waals surface area contributed by atoms with Gasteiger partial charge in [0, 0.05) is 5.69 Å². The van der Waals surface area contributed by atoms with Crippen LogP contribution in [0.4, 0.5) is 16.5 Å². The molecular formula is C19H22N4O4. The van der Waals surface area contributed by atoms with Crippen molar-refractivity contribution >= 4 is 17.7 Å². The van der Waals surface area contributed by atoms with Crippen LogP contribution in [-0.4, -0.2) is 22.8 Å². The average Bonchev–Trinajstić information content (AvgIpc) is 3.22. The Balaban J connectivity index is 1.56. The number of carbonyl (C=O) groups is 1. The number of nitrogens with zero attached hydrogens (tertiary/aromatic N) is 2. The molecule has 0 aliphatic rings. The first-order valence-electron chi connectivity index (χ1n) is 8.77. The predicted octanol–water partition coefficient (Wildman–Crippen LogP) is 4.77. The maximum atomic E-state index is 12.1. The molecule has 3 aromatic rings. The van der Waals surface area contributed by atoms with E-state index in [0.717, 1.165) is 24.4 Å². The van der Waals surface area contributed by atoms with Crippen LogP contribution in [0.1, 0.15) is 31.3 Å². The van der Waals surface area contributed by atoms with Crippen LogP contribution < -0.4 is 15.4 Å². The van der Waals surface area contributed by atoms with Gasteiger partial charge in [-0.3, -0.25) is 5.32 Å². The SMILES string of the molecule is CCCCOc1ccc(NC(=O)Nc2nnc(-c3cc(C)oc3C)o2)cc1. The Labute approximate surface area is 156 Å². The number of hydrogen-bond donors (Lipinski definition) is 2. The summed E-state index contributed by atoms with van der Waals surface area (Å²) in [6.07, 6.45) is 2.09. The van der Waals surface area contributed by atoms with Crippen molar-refractivity contribution in [2.24, 2.45) is 0 Å². The molecule has 142 valence electrons. The molecule has 0 bridgehead atoms. The highest BCUT2D eigenvalue weighted by atomic mass is 16.5. The van der Waals surface area contributed by atoms with E-state index in [0.29, 0.717) is 23.6 Å². The molecular weight excluding hydrogens is 348 g/mol. The summed E-state index contributed by atoms with van der Waals surface area (Å²) in [5.41, 5.74) is 1.32. The summed E-state index contributed by atoms with van der Waals surface area (Å²) in [5, 5.41) is 13.0. The zero-order chi connectivity index (χ0) is 19.2. The fraction of sp³-hybridized carbons (Fsp3) is 0.316. The van der Waals surface area contributed by atoms with Crippen molar-refractivity contribution in [3.8, 4) is 17.2 Å². The number of benzene rings is 1. The third-order valence-electron chi connectivity index (χ3n) is 3.80. The van der Waals surface area contributed by atoms with E-state index in [2.05, 4.69) is 27.8 Å². The molecule has 8 heteroatoms. The smallest absolute Gasteiger partial charge is 0.327 e. The molecule has 27 heavy (non-hydrogen) atoms. The lowest BCUT2D eigenvalue weighted by molar-refractivity contribution is 0.261. The summed E-state index contributed by atoms with van der Waals surface area (Å²) in [6, 6.07) is 8.46. The Morgan fingerprint density at radius 2 is 1.89 bits per heavy atom. The van der Waals surface area contributed by atoms with Gasteiger partial charge in [0.15, 0.2) is 0 Å². The molecule has 2 amide bonds. The Morgan fingerprint density at radius 3 is 2.56 bits per heavy atom. The van der Waals surface area contributed by atoms with Gasteiger partial charge in [-0.15, -0.1) is 5.10 Å². The standard InChI is InChI=1S/C19H22N4O4/c1-4-5-10-25-15-8-6-14(7-9-15)20-18(24)21-19-23-22-17(27-19)16-11-12(2)26-13(16)3/h6-9,11H,4-5,10H2,1-3H3,(H2,20,21,23,24). The van der Waals surface area contributed by atoms with Crippen molar-refractivity contribution in [3.05, 3.63) is 41.9 Å². The molecule has 0 fully saturated rings. The molecule has 2 aromatic heterocycles. The molecule has 0 aliphatic heterocycles. The van der Waals surface area contributed by atoms with Gasteiger partial charge in [-0.1, -0.05) is 18.4 Å². The van der Waals surface area contributed by atoms with Gasteiger partial charge in [0.1, 0.15) is 17.3 Å². The molecule has 0 spiro atoms. The molecule has 0 atom stereocenters. The summed E-state index contributed by atoms with van der Waals surface area (Å²) in [4.78, 5) is 12.1. The van der Waals surface area contributed by atoms with E-state index in [9.17, 15) is 4.79 Å². The average molecular weight is 370 g/mol. The number of aromatic nitrogens is 2. The highest BCUT2D eigenvalue weighted by Crippen LogP contribution is 2.26. The van der Waals surface area contributed by atoms with Crippen LogP contribution >= 0.6 is 0 Å². The Bertz CT molecular complexity index is 899. The zero-order valence-electron chi connectivity index (χ0n) is 15.5. The summed E-state index contributed by atoms with van der Waals surface area (Å²) in [6.45, 7) is 6.43. The number of furan rings is 1. The largest absolute Gasteiger partial charge is 0.494 e. The van der Waals surface area contributed by atoms with Crippen LogP contribution in [0.25, 0.3) is 11.5 Å². The quantitative estimate of drug-likeness (QED) is 0.581. The minimum atomic E-state index is -0.482. The lowest BCUT2D eigenvalue weighted by Gasteiger charge is -2.07. The van der Waals surface area contributed by atoms with Crippen molar-refractivity contribution in [2.45, 2.75) is 33.6 Å². The Morgan fingerprint density at radius 1 is 1.11 bits per heavy atom. The summed E-state index contributed by atoms with van der Waals surface area (Å²) >= 11 is 0. The fourth-order valence-corrected chi connectivity index (χ4v) is 2.45. The maximum Gasteiger partial charge on any atom is 0.327 e. The molecule has 0 saturated heterocycles. The second-order valence-electron chi connectivity index (χ2n) is 6.04. The van der Waals surface area contributed by atoms with Gasteiger partial charge >= 0.3 is 12.0 Å². The van der Waals surface area contributed by atoms with Crippen molar-refractivity contribution in [1.29, 1.82) is 0 Å². The summed E-state index contributed by atoms with van der Waals surface area (Å²) < 4.78 is 16.5.